The highest BCUT2D eigenvalue weighted by Crippen LogP contribution is 2.24. The van der Waals surface area contributed by atoms with E-state index in [0.29, 0.717) is 0 Å². The number of rotatable bonds is 4. The number of nitrogens with one attached hydrogen (secondary N) is 1. The molecule has 0 aromatic heterocycles. The van der Waals surface area contributed by atoms with Crippen molar-refractivity contribution in [3.05, 3.63) is 64.7 Å². The van der Waals surface area contributed by atoms with Gasteiger partial charge in [0.25, 0.3) is 0 Å². The van der Waals surface area contributed by atoms with Crippen LogP contribution in [0.15, 0.2) is 42.5 Å². The molecule has 0 bridgehead atoms. The van der Waals surface area contributed by atoms with E-state index in [0.717, 1.165) is 27.9 Å². The van der Waals surface area contributed by atoms with Crippen LogP contribution in [0.2, 0.25) is 0 Å². The molecule has 2 rings (SSSR count). The lowest BCUT2D eigenvalue weighted by Crippen LogP contribution is -2.21. The Morgan fingerprint density at radius 1 is 1.05 bits per heavy atom. The monoisotopic (exact) mass is 269 g/mol. The Morgan fingerprint density at radius 3 is 2.35 bits per heavy atom. The van der Waals surface area contributed by atoms with Crippen molar-refractivity contribution < 1.29 is 9.90 Å². The normalized spacial score (nSPS) is 11.9. The fraction of sp³-hybridized carbons (Fsp3) is 0.235. The van der Waals surface area contributed by atoms with Crippen LogP contribution >= 0.6 is 0 Å². The van der Waals surface area contributed by atoms with Crippen LogP contribution in [0.1, 0.15) is 28.3 Å². The van der Waals surface area contributed by atoms with Gasteiger partial charge in [-0.25, -0.2) is 4.79 Å². The number of anilines is 1. The second-order valence-electron chi connectivity index (χ2n) is 5.15. The van der Waals surface area contributed by atoms with Crippen LogP contribution in [0.25, 0.3) is 0 Å². The van der Waals surface area contributed by atoms with Crippen molar-refractivity contribution in [2.24, 2.45) is 0 Å². The van der Waals surface area contributed by atoms with Crippen molar-refractivity contribution >= 4 is 11.7 Å². The van der Waals surface area contributed by atoms with Crippen molar-refractivity contribution in [2.75, 3.05) is 5.32 Å². The molecular formula is C17H19NO2. The van der Waals surface area contributed by atoms with Crippen molar-refractivity contribution in [2.45, 2.75) is 26.8 Å². The van der Waals surface area contributed by atoms with E-state index in [1.54, 1.807) is 0 Å². The number of hydrogen-bond donors (Lipinski definition) is 2. The number of carboxylic acids is 1. The largest absolute Gasteiger partial charge is 0.479 e. The number of aryl methyl sites for hydroxylation is 3. The molecule has 0 aliphatic rings. The van der Waals surface area contributed by atoms with E-state index >= 15 is 0 Å². The Hall–Kier alpha value is -2.29. The Bertz CT molecular complexity index is 635. The third kappa shape index (κ3) is 3.18. The first-order valence-corrected chi connectivity index (χ1v) is 6.60. The molecule has 1 atom stereocenters. The number of carbonyl (C=O) groups is 1. The van der Waals surface area contributed by atoms with Gasteiger partial charge < -0.3 is 10.4 Å². The highest BCUT2D eigenvalue weighted by molar-refractivity contribution is 5.80. The molecule has 2 aromatic carbocycles. The lowest BCUT2D eigenvalue weighted by atomic mass is 9.99. The van der Waals surface area contributed by atoms with E-state index < -0.39 is 12.0 Å². The molecule has 0 saturated heterocycles. The SMILES string of the molecule is Cc1cccc(NC(C(=O)O)c2ccc(C)cc2C)c1. The van der Waals surface area contributed by atoms with Crippen LogP contribution in [0.4, 0.5) is 5.69 Å². The standard InChI is InChI=1S/C17H19NO2/c1-11-5-4-6-14(10-11)18-16(17(19)20)15-8-7-12(2)9-13(15)3/h4-10,16,18H,1-3H3,(H,19,20). The summed E-state index contributed by atoms with van der Waals surface area (Å²) in [6.45, 7) is 5.93. The van der Waals surface area contributed by atoms with Gasteiger partial charge in [-0.1, -0.05) is 35.9 Å². The second-order valence-corrected chi connectivity index (χ2v) is 5.15. The number of benzene rings is 2. The number of aliphatic carboxylic acids is 1. The average molecular weight is 269 g/mol. The fourth-order valence-corrected chi connectivity index (χ4v) is 2.32. The summed E-state index contributed by atoms with van der Waals surface area (Å²) in [5, 5.41) is 12.6. The van der Waals surface area contributed by atoms with E-state index in [-0.39, 0.29) is 0 Å². The zero-order chi connectivity index (χ0) is 14.7. The Kier molecular flexibility index (Phi) is 4.08. The van der Waals surface area contributed by atoms with Crippen LogP contribution in [-0.4, -0.2) is 11.1 Å². The van der Waals surface area contributed by atoms with E-state index in [1.165, 1.54) is 0 Å². The Morgan fingerprint density at radius 2 is 1.75 bits per heavy atom. The van der Waals surface area contributed by atoms with Gasteiger partial charge in [-0.05, 0) is 49.6 Å². The summed E-state index contributed by atoms with van der Waals surface area (Å²) in [5.41, 5.74) is 4.82. The van der Waals surface area contributed by atoms with E-state index in [1.807, 2.05) is 63.2 Å². The van der Waals surface area contributed by atoms with Crippen molar-refractivity contribution in [3.63, 3.8) is 0 Å². The summed E-state index contributed by atoms with van der Waals surface area (Å²) in [6.07, 6.45) is 0. The molecule has 0 saturated carbocycles. The van der Waals surface area contributed by atoms with Gasteiger partial charge in [0.2, 0.25) is 0 Å². The first-order chi connectivity index (χ1) is 9.47. The highest BCUT2D eigenvalue weighted by atomic mass is 16.4. The van der Waals surface area contributed by atoms with E-state index in [4.69, 9.17) is 0 Å². The predicted octanol–water partition coefficient (Wildman–Crippen LogP) is 3.85. The molecule has 20 heavy (non-hydrogen) atoms. The molecule has 0 radical (unpaired) electrons. The third-order valence-corrected chi connectivity index (χ3v) is 3.31. The molecule has 0 aliphatic carbocycles. The van der Waals surface area contributed by atoms with Crippen LogP contribution in [-0.2, 0) is 4.79 Å². The van der Waals surface area contributed by atoms with Crippen LogP contribution in [0, 0.1) is 20.8 Å². The van der Waals surface area contributed by atoms with Gasteiger partial charge in [-0.15, -0.1) is 0 Å². The van der Waals surface area contributed by atoms with Gasteiger partial charge in [0.1, 0.15) is 0 Å². The van der Waals surface area contributed by atoms with Crippen LogP contribution in [0.5, 0.6) is 0 Å². The summed E-state index contributed by atoms with van der Waals surface area (Å²) >= 11 is 0. The smallest absolute Gasteiger partial charge is 0.330 e. The Labute approximate surface area is 119 Å². The van der Waals surface area contributed by atoms with E-state index in [9.17, 15) is 9.90 Å². The summed E-state index contributed by atoms with van der Waals surface area (Å²) in [4.78, 5) is 11.6. The van der Waals surface area contributed by atoms with E-state index in [2.05, 4.69) is 5.32 Å². The first-order valence-electron chi connectivity index (χ1n) is 6.60. The van der Waals surface area contributed by atoms with Gasteiger partial charge in [0, 0.05) is 5.69 Å². The van der Waals surface area contributed by atoms with Crippen LogP contribution in [0.3, 0.4) is 0 Å². The molecule has 0 amide bonds. The maximum atomic E-state index is 11.6. The van der Waals surface area contributed by atoms with Crippen LogP contribution < -0.4 is 5.32 Å². The predicted molar refractivity (Wildman–Crippen MR) is 81.1 cm³/mol. The molecule has 2 aromatic rings. The topological polar surface area (TPSA) is 49.3 Å². The quantitative estimate of drug-likeness (QED) is 0.886. The zero-order valence-electron chi connectivity index (χ0n) is 12.0. The summed E-state index contributed by atoms with van der Waals surface area (Å²) in [5.74, 6) is -0.876. The van der Waals surface area contributed by atoms with Crippen molar-refractivity contribution in [1.82, 2.24) is 0 Å². The maximum absolute atomic E-state index is 11.6. The molecule has 0 fully saturated rings. The van der Waals surface area contributed by atoms with Gasteiger partial charge in [-0.3, -0.25) is 0 Å². The highest BCUT2D eigenvalue weighted by Gasteiger charge is 2.21. The number of carboxylic acid groups (broad SMARTS) is 1. The molecule has 0 aliphatic heterocycles. The molecule has 0 spiro atoms. The minimum absolute atomic E-state index is 0.739. The average Bonchev–Trinajstić information content (AvgIpc) is 2.36. The third-order valence-electron chi connectivity index (χ3n) is 3.31. The fourth-order valence-electron chi connectivity index (χ4n) is 2.32. The van der Waals surface area contributed by atoms with Crippen molar-refractivity contribution in [1.29, 1.82) is 0 Å². The summed E-state index contributed by atoms with van der Waals surface area (Å²) in [6, 6.07) is 12.8. The lowest BCUT2D eigenvalue weighted by molar-refractivity contribution is -0.138. The van der Waals surface area contributed by atoms with Crippen molar-refractivity contribution in [3.8, 4) is 0 Å². The van der Waals surface area contributed by atoms with Gasteiger partial charge in [0.05, 0.1) is 0 Å². The lowest BCUT2D eigenvalue weighted by Gasteiger charge is -2.19. The molecule has 0 heterocycles. The van der Waals surface area contributed by atoms with Gasteiger partial charge in [0.15, 0.2) is 6.04 Å². The molecule has 3 nitrogen and oxygen atoms in total. The molecule has 3 heteroatoms. The second kappa shape index (κ2) is 5.78. The zero-order valence-corrected chi connectivity index (χ0v) is 12.0. The maximum Gasteiger partial charge on any atom is 0.330 e. The Balaban J connectivity index is 2.34. The minimum Gasteiger partial charge on any atom is -0.479 e. The molecule has 1 unspecified atom stereocenters. The first kappa shape index (κ1) is 14.1. The molecule has 2 N–H and O–H groups in total. The minimum atomic E-state index is -0.876. The van der Waals surface area contributed by atoms with Gasteiger partial charge >= 0.3 is 5.97 Å². The number of hydrogen-bond acceptors (Lipinski definition) is 2. The van der Waals surface area contributed by atoms with Gasteiger partial charge in [-0.2, -0.15) is 0 Å². The summed E-state index contributed by atoms with van der Waals surface area (Å²) in [7, 11) is 0. The summed E-state index contributed by atoms with van der Waals surface area (Å²) < 4.78 is 0. The molecular weight excluding hydrogens is 250 g/mol. The molecule has 104 valence electrons.